The van der Waals surface area contributed by atoms with Gasteiger partial charge in [0.05, 0.1) is 11.1 Å². The highest BCUT2D eigenvalue weighted by Crippen LogP contribution is 2.55. The number of anilines is 3. The van der Waals surface area contributed by atoms with Crippen LogP contribution in [0.4, 0.5) is 17.1 Å². The van der Waals surface area contributed by atoms with Crippen molar-refractivity contribution in [1.29, 1.82) is 0 Å². The lowest BCUT2D eigenvalue weighted by molar-refractivity contribution is 0.662. The molecule has 0 atom stereocenters. The Kier molecular flexibility index (Phi) is 6.26. The van der Waals surface area contributed by atoms with Crippen LogP contribution in [0, 0.1) is 0 Å². The molecule has 1 aliphatic carbocycles. The zero-order valence-electron chi connectivity index (χ0n) is 29.3. The van der Waals surface area contributed by atoms with E-state index < -0.39 is 5.41 Å². The Labute approximate surface area is 319 Å². The summed E-state index contributed by atoms with van der Waals surface area (Å²) in [6.45, 7) is 2.39. The highest BCUT2D eigenvalue weighted by molar-refractivity contribution is 7.26. The zero-order valence-corrected chi connectivity index (χ0v) is 31.0. The molecule has 8 aromatic carbocycles. The Morgan fingerprint density at radius 2 is 1.00 bits per heavy atom. The van der Waals surface area contributed by atoms with Crippen LogP contribution in [0.5, 0.6) is 0 Å². The summed E-state index contributed by atoms with van der Waals surface area (Å²) >= 11 is 3.72. The van der Waals surface area contributed by atoms with Crippen molar-refractivity contribution in [2.24, 2.45) is 0 Å². The van der Waals surface area contributed by atoms with Crippen molar-refractivity contribution in [3.05, 3.63) is 187 Å². The fourth-order valence-electron chi connectivity index (χ4n) is 9.20. The van der Waals surface area contributed by atoms with Crippen LogP contribution >= 0.6 is 22.7 Å². The second kappa shape index (κ2) is 11.2. The molecule has 254 valence electrons. The van der Waals surface area contributed by atoms with Crippen LogP contribution in [0.3, 0.4) is 0 Å². The molecule has 1 aliphatic rings. The van der Waals surface area contributed by atoms with Crippen LogP contribution in [0.25, 0.3) is 73.4 Å². The van der Waals surface area contributed by atoms with E-state index >= 15 is 0 Å². The van der Waals surface area contributed by atoms with Gasteiger partial charge in [0, 0.05) is 62.5 Å². The highest BCUT2D eigenvalue weighted by atomic mass is 32.1. The quantitative estimate of drug-likeness (QED) is 0.180. The lowest BCUT2D eigenvalue weighted by atomic mass is 9.74. The Balaban J connectivity index is 1.20. The van der Waals surface area contributed by atoms with Gasteiger partial charge in [-0.15, -0.1) is 22.7 Å². The van der Waals surface area contributed by atoms with Crippen molar-refractivity contribution in [2.45, 2.75) is 12.3 Å². The van der Waals surface area contributed by atoms with Gasteiger partial charge in [0.1, 0.15) is 11.2 Å². The standard InChI is InChI=1S/C50H31NOS2/c1-50(40-17-7-2-12-33(40)34-13-3-8-18-41(34)50)30-26-42(49-38-16-4-9-19-43(38)52-44(49)27-30)51(31-23-25-47-39(28-31)36-15-6-11-21-46(36)53-47)32-22-24-37-35-14-5-10-20-45(35)54-48(37)29-32/h2-29H,1H3. The highest BCUT2D eigenvalue weighted by Gasteiger charge is 2.41. The van der Waals surface area contributed by atoms with E-state index in [9.17, 15) is 0 Å². The molecule has 0 unspecified atom stereocenters. The first-order chi connectivity index (χ1) is 26.6. The van der Waals surface area contributed by atoms with Crippen LogP contribution in [-0.4, -0.2) is 0 Å². The van der Waals surface area contributed by atoms with Gasteiger partial charge in [-0.1, -0.05) is 109 Å². The average molecular weight is 726 g/mol. The molecule has 0 radical (unpaired) electrons. The number of rotatable bonds is 4. The number of hydrogen-bond donors (Lipinski definition) is 0. The minimum Gasteiger partial charge on any atom is -0.456 e. The van der Waals surface area contributed by atoms with Gasteiger partial charge in [-0.3, -0.25) is 0 Å². The molecule has 3 heterocycles. The molecule has 3 aromatic heterocycles. The van der Waals surface area contributed by atoms with E-state index in [1.807, 2.05) is 22.7 Å². The van der Waals surface area contributed by atoms with Gasteiger partial charge in [0.15, 0.2) is 0 Å². The molecule has 0 N–H and O–H groups in total. The first-order valence-corrected chi connectivity index (χ1v) is 20.0. The molecule has 2 nitrogen and oxygen atoms in total. The Bertz CT molecular complexity index is 3280. The van der Waals surface area contributed by atoms with E-state index in [0.717, 1.165) is 39.0 Å². The van der Waals surface area contributed by atoms with E-state index in [0.29, 0.717) is 0 Å². The van der Waals surface area contributed by atoms with Crippen molar-refractivity contribution in [1.82, 2.24) is 0 Å². The summed E-state index contributed by atoms with van der Waals surface area (Å²) in [5.41, 5.74) is 11.2. The first kappa shape index (κ1) is 30.3. The van der Waals surface area contributed by atoms with Gasteiger partial charge in [0.2, 0.25) is 0 Å². The fraction of sp³-hybridized carbons (Fsp3) is 0.0400. The summed E-state index contributed by atoms with van der Waals surface area (Å²) in [4.78, 5) is 2.49. The van der Waals surface area contributed by atoms with Crippen LogP contribution in [-0.2, 0) is 5.41 Å². The van der Waals surface area contributed by atoms with Crippen LogP contribution in [0.1, 0.15) is 23.6 Å². The van der Waals surface area contributed by atoms with Crippen LogP contribution in [0.2, 0.25) is 0 Å². The molecule has 0 spiro atoms. The Morgan fingerprint density at radius 3 is 1.76 bits per heavy atom. The number of nitrogens with zero attached hydrogens (tertiary/aromatic N) is 1. The van der Waals surface area contributed by atoms with Crippen molar-refractivity contribution < 1.29 is 4.42 Å². The topological polar surface area (TPSA) is 16.4 Å². The number of hydrogen-bond acceptors (Lipinski definition) is 4. The van der Waals surface area contributed by atoms with E-state index in [-0.39, 0.29) is 0 Å². The first-order valence-electron chi connectivity index (χ1n) is 18.4. The van der Waals surface area contributed by atoms with Crippen LogP contribution in [0.15, 0.2) is 174 Å². The van der Waals surface area contributed by atoms with Gasteiger partial charge in [0.25, 0.3) is 0 Å². The number of fused-ring (bicyclic) bond motifs is 12. The largest absolute Gasteiger partial charge is 0.456 e. The summed E-state index contributed by atoms with van der Waals surface area (Å²) < 4.78 is 12.0. The minimum absolute atomic E-state index is 0.399. The Morgan fingerprint density at radius 1 is 0.444 bits per heavy atom. The van der Waals surface area contributed by atoms with Crippen molar-refractivity contribution in [3.8, 4) is 11.1 Å². The second-order valence-corrected chi connectivity index (χ2v) is 16.7. The third-order valence-corrected chi connectivity index (χ3v) is 14.0. The van der Waals surface area contributed by atoms with Crippen molar-refractivity contribution >= 4 is 102 Å². The molecule has 0 aliphatic heterocycles. The summed E-state index contributed by atoms with van der Waals surface area (Å²) in [6, 6.07) is 62.6. The fourth-order valence-corrected chi connectivity index (χ4v) is 11.4. The smallest absolute Gasteiger partial charge is 0.137 e. The van der Waals surface area contributed by atoms with Crippen molar-refractivity contribution in [3.63, 3.8) is 0 Å². The van der Waals surface area contributed by atoms with Gasteiger partial charge in [-0.2, -0.15) is 0 Å². The SMILES string of the molecule is CC1(c2cc(N(c3ccc4c(c3)sc3ccccc34)c3ccc4sc5ccccc5c4c3)c3c(c2)oc2ccccc23)c2ccccc2-c2ccccc21. The molecule has 0 amide bonds. The van der Waals surface area contributed by atoms with E-state index in [4.69, 9.17) is 4.42 Å². The van der Waals surface area contributed by atoms with E-state index in [1.54, 1.807) is 0 Å². The molecule has 0 saturated carbocycles. The lowest BCUT2D eigenvalue weighted by Gasteiger charge is -2.32. The van der Waals surface area contributed by atoms with Crippen molar-refractivity contribution in [2.75, 3.05) is 4.90 Å². The minimum atomic E-state index is -0.399. The second-order valence-electron chi connectivity index (χ2n) is 14.6. The number of furan rings is 1. The molecular weight excluding hydrogens is 695 g/mol. The molecule has 4 heteroatoms. The van der Waals surface area contributed by atoms with Gasteiger partial charge < -0.3 is 9.32 Å². The summed E-state index contributed by atoms with van der Waals surface area (Å²) in [7, 11) is 0. The van der Waals surface area contributed by atoms with Gasteiger partial charge in [-0.25, -0.2) is 0 Å². The molecule has 11 aromatic rings. The monoisotopic (exact) mass is 725 g/mol. The maximum atomic E-state index is 6.84. The number of para-hydroxylation sites is 1. The van der Waals surface area contributed by atoms with Gasteiger partial charge >= 0.3 is 0 Å². The third-order valence-electron chi connectivity index (χ3n) is 11.7. The molecule has 54 heavy (non-hydrogen) atoms. The van der Waals surface area contributed by atoms with E-state index in [2.05, 4.69) is 182 Å². The summed E-state index contributed by atoms with van der Waals surface area (Å²) in [6.07, 6.45) is 0. The molecule has 0 saturated heterocycles. The predicted molar refractivity (Wildman–Crippen MR) is 232 cm³/mol. The number of benzene rings is 8. The zero-order chi connectivity index (χ0) is 35.5. The van der Waals surface area contributed by atoms with Gasteiger partial charge in [-0.05, 0) is 95.4 Å². The van der Waals surface area contributed by atoms with E-state index in [1.165, 1.54) is 68.2 Å². The average Bonchev–Trinajstić information content (AvgIpc) is 3.96. The summed E-state index contributed by atoms with van der Waals surface area (Å²) in [5.74, 6) is 0. The Hall–Kier alpha value is -6.20. The molecular formula is C50H31NOS2. The summed E-state index contributed by atoms with van der Waals surface area (Å²) in [5, 5.41) is 7.39. The lowest BCUT2D eigenvalue weighted by Crippen LogP contribution is -2.23. The normalized spacial score (nSPS) is 13.4. The third kappa shape index (κ3) is 4.15. The predicted octanol–water partition coefficient (Wildman–Crippen LogP) is 15.1. The molecule has 0 bridgehead atoms. The van der Waals surface area contributed by atoms with Crippen LogP contribution < -0.4 is 4.90 Å². The molecule has 12 rings (SSSR count). The number of thiophene rings is 2. The maximum Gasteiger partial charge on any atom is 0.137 e. The molecule has 0 fully saturated rings. The maximum absolute atomic E-state index is 6.84.